The number of anilines is 1. The number of halogens is 1. The number of aliphatic hydroxyl groups is 2. The van der Waals surface area contributed by atoms with Gasteiger partial charge in [0.1, 0.15) is 12.1 Å². The Balaban J connectivity index is 0.00000200. The minimum absolute atomic E-state index is 0. The van der Waals surface area contributed by atoms with E-state index in [1.807, 2.05) is 41.3 Å². The Bertz CT molecular complexity index is 505. The highest BCUT2D eigenvalue weighted by molar-refractivity contribution is 5.85. The van der Waals surface area contributed by atoms with Gasteiger partial charge in [-0.15, -0.1) is 12.4 Å². The van der Waals surface area contributed by atoms with Gasteiger partial charge in [-0.25, -0.2) is 9.97 Å². The minimum Gasteiger partial charge on any atom is -0.395 e. The number of aromatic nitrogens is 2. The maximum atomic E-state index is 9.04. The standard InChI is InChI=1S/C14H17N3O2.ClH/c18-8-6-17(7-9-19)14-10-13(15-11-16-14)12-4-2-1-3-5-12;/h1-5,10-11,18-19H,6-9H2;1H. The third-order valence-electron chi connectivity index (χ3n) is 2.79. The highest BCUT2D eigenvalue weighted by atomic mass is 35.5. The van der Waals surface area contributed by atoms with E-state index in [0.717, 1.165) is 11.3 Å². The van der Waals surface area contributed by atoms with Crippen LogP contribution in [0.2, 0.25) is 0 Å². The fourth-order valence-corrected chi connectivity index (χ4v) is 1.87. The van der Waals surface area contributed by atoms with Crippen LogP contribution in [0.1, 0.15) is 0 Å². The number of rotatable bonds is 6. The Morgan fingerprint density at radius 2 is 1.60 bits per heavy atom. The van der Waals surface area contributed by atoms with Crippen molar-refractivity contribution in [2.45, 2.75) is 0 Å². The van der Waals surface area contributed by atoms with Gasteiger partial charge >= 0.3 is 0 Å². The quantitative estimate of drug-likeness (QED) is 0.842. The van der Waals surface area contributed by atoms with E-state index < -0.39 is 0 Å². The molecule has 0 unspecified atom stereocenters. The van der Waals surface area contributed by atoms with Gasteiger partial charge in [0.05, 0.1) is 18.9 Å². The molecule has 0 amide bonds. The fraction of sp³-hybridized carbons (Fsp3) is 0.286. The van der Waals surface area contributed by atoms with E-state index in [2.05, 4.69) is 9.97 Å². The van der Waals surface area contributed by atoms with Crippen LogP contribution in [-0.4, -0.2) is 46.5 Å². The van der Waals surface area contributed by atoms with E-state index in [1.165, 1.54) is 6.33 Å². The summed E-state index contributed by atoms with van der Waals surface area (Å²) in [5, 5.41) is 18.1. The molecule has 6 heteroatoms. The van der Waals surface area contributed by atoms with Gasteiger partial charge in [0.2, 0.25) is 0 Å². The topological polar surface area (TPSA) is 69.5 Å². The molecule has 0 bridgehead atoms. The van der Waals surface area contributed by atoms with Crippen LogP contribution in [0.3, 0.4) is 0 Å². The summed E-state index contributed by atoms with van der Waals surface area (Å²) in [6, 6.07) is 11.7. The van der Waals surface area contributed by atoms with E-state index in [4.69, 9.17) is 10.2 Å². The van der Waals surface area contributed by atoms with Crippen molar-refractivity contribution in [3.63, 3.8) is 0 Å². The van der Waals surface area contributed by atoms with Crippen LogP contribution in [0.5, 0.6) is 0 Å². The Morgan fingerprint density at radius 1 is 0.950 bits per heavy atom. The van der Waals surface area contributed by atoms with E-state index in [1.54, 1.807) is 0 Å². The summed E-state index contributed by atoms with van der Waals surface area (Å²) >= 11 is 0. The number of aliphatic hydroxyl groups excluding tert-OH is 2. The van der Waals surface area contributed by atoms with Gasteiger partial charge in [-0.3, -0.25) is 0 Å². The van der Waals surface area contributed by atoms with Crippen molar-refractivity contribution < 1.29 is 10.2 Å². The molecule has 1 aromatic carbocycles. The van der Waals surface area contributed by atoms with Crippen LogP contribution >= 0.6 is 12.4 Å². The Hall–Kier alpha value is -1.69. The summed E-state index contributed by atoms with van der Waals surface area (Å²) in [5.74, 6) is 0.706. The first-order valence-electron chi connectivity index (χ1n) is 6.19. The van der Waals surface area contributed by atoms with Crippen molar-refractivity contribution in [2.24, 2.45) is 0 Å². The third-order valence-corrected chi connectivity index (χ3v) is 2.79. The zero-order valence-corrected chi connectivity index (χ0v) is 11.8. The maximum absolute atomic E-state index is 9.04. The average Bonchev–Trinajstić information content (AvgIpc) is 2.48. The van der Waals surface area contributed by atoms with Gasteiger partial charge < -0.3 is 15.1 Å². The third kappa shape index (κ3) is 4.16. The molecule has 5 nitrogen and oxygen atoms in total. The highest BCUT2D eigenvalue weighted by Crippen LogP contribution is 2.20. The highest BCUT2D eigenvalue weighted by Gasteiger charge is 2.08. The van der Waals surface area contributed by atoms with Crippen molar-refractivity contribution in [2.75, 3.05) is 31.2 Å². The Kier molecular flexibility index (Phi) is 6.93. The lowest BCUT2D eigenvalue weighted by atomic mass is 10.1. The predicted molar refractivity (Wildman–Crippen MR) is 81.1 cm³/mol. The molecule has 0 atom stereocenters. The largest absolute Gasteiger partial charge is 0.395 e. The van der Waals surface area contributed by atoms with Crippen LogP contribution in [0.15, 0.2) is 42.7 Å². The fourth-order valence-electron chi connectivity index (χ4n) is 1.87. The first kappa shape index (κ1) is 16.4. The smallest absolute Gasteiger partial charge is 0.132 e. The summed E-state index contributed by atoms with van der Waals surface area (Å²) < 4.78 is 0. The van der Waals surface area contributed by atoms with E-state index in [-0.39, 0.29) is 25.6 Å². The molecular formula is C14H18ClN3O2. The van der Waals surface area contributed by atoms with E-state index in [9.17, 15) is 0 Å². The SMILES string of the molecule is Cl.OCCN(CCO)c1cc(-c2ccccc2)ncn1. The van der Waals surface area contributed by atoms with Crippen molar-refractivity contribution in [3.8, 4) is 11.3 Å². The molecule has 108 valence electrons. The van der Waals surface area contributed by atoms with Gasteiger partial charge in [0.15, 0.2) is 0 Å². The number of benzene rings is 1. The molecule has 2 aromatic rings. The van der Waals surface area contributed by atoms with E-state index >= 15 is 0 Å². The monoisotopic (exact) mass is 295 g/mol. The second kappa shape index (κ2) is 8.47. The number of hydrogen-bond acceptors (Lipinski definition) is 5. The summed E-state index contributed by atoms with van der Waals surface area (Å²) in [4.78, 5) is 10.3. The molecule has 0 fully saturated rings. The normalized spacial score (nSPS) is 9.90. The lowest BCUT2D eigenvalue weighted by molar-refractivity contribution is 0.280. The van der Waals surface area contributed by atoms with Gasteiger partial charge in [0, 0.05) is 24.7 Å². The molecule has 0 aliphatic carbocycles. The molecule has 0 aliphatic heterocycles. The summed E-state index contributed by atoms with van der Waals surface area (Å²) in [5.41, 5.74) is 1.84. The van der Waals surface area contributed by atoms with Crippen molar-refractivity contribution in [1.82, 2.24) is 9.97 Å². The molecule has 0 saturated carbocycles. The van der Waals surface area contributed by atoms with Crippen molar-refractivity contribution >= 4 is 18.2 Å². The molecule has 2 N–H and O–H groups in total. The molecule has 0 saturated heterocycles. The van der Waals surface area contributed by atoms with Crippen LogP contribution in [0.25, 0.3) is 11.3 Å². The zero-order chi connectivity index (χ0) is 13.5. The van der Waals surface area contributed by atoms with Crippen LogP contribution in [0.4, 0.5) is 5.82 Å². The first-order chi connectivity index (χ1) is 9.35. The minimum atomic E-state index is 0. The summed E-state index contributed by atoms with van der Waals surface area (Å²) in [7, 11) is 0. The summed E-state index contributed by atoms with van der Waals surface area (Å²) in [6.45, 7) is 0.910. The second-order valence-electron chi connectivity index (χ2n) is 4.06. The van der Waals surface area contributed by atoms with Gasteiger partial charge in [-0.05, 0) is 0 Å². The molecular weight excluding hydrogens is 278 g/mol. The van der Waals surface area contributed by atoms with Gasteiger partial charge in [-0.2, -0.15) is 0 Å². The van der Waals surface area contributed by atoms with Gasteiger partial charge in [0.25, 0.3) is 0 Å². The second-order valence-corrected chi connectivity index (χ2v) is 4.06. The molecule has 1 aromatic heterocycles. The number of hydrogen-bond donors (Lipinski definition) is 2. The molecule has 2 rings (SSSR count). The maximum Gasteiger partial charge on any atom is 0.132 e. The molecule has 0 radical (unpaired) electrons. The molecule has 1 heterocycles. The van der Waals surface area contributed by atoms with Gasteiger partial charge in [-0.1, -0.05) is 30.3 Å². The van der Waals surface area contributed by atoms with Crippen LogP contribution < -0.4 is 4.90 Å². The lowest BCUT2D eigenvalue weighted by Gasteiger charge is -2.21. The first-order valence-corrected chi connectivity index (χ1v) is 6.19. The Labute approximate surface area is 124 Å². The lowest BCUT2D eigenvalue weighted by Crippen LogP contribution is -2.30. The Morgan fingerprint density at radius 3 is 2.20 bits per heavy atom. The van der Waals surface area contributed by atoms with Crippen LogP contribution in [-0.2, 0) is 0 Å². The van der Waals surface area contributed by atoms with E-state index in [0.29, 0.717) is 18.9 Å². The predicted octanol–water partition coefficient (Wildman–Crippen LogP) is 1.36. The van der Waals surface area contributed by atoms with Crippen molar-refractivity contribution in [3.05, 3.63) is 42.7 Å². The van der Waals surface area contributed by atoms with Crippen molar-refractivity contribution in [1.29, 1.82) is 0 Å². The number of nitrogens with zero attached hydrogens (tertiary/aromatic N) is 3. The molecule has 20 heavy (non-hydrogen) atoms. The zero-order valence-electron chi connectivity index (χ0n) is 11.0. The summed E-state index contributed by atoms with van der Waals surface area (Å²) in [6.07, 6.45) is 1.50. The molecule has 0 aliphatic rings. The van der Waals surface area contributed by atoms with Crippen LogP contribution in [0, 0.1) is 0 Å². The molecule has 0 spiro atoms. The average molecular weight is 296 g/mol.